The molecule has 1 fully saturated rings. The Bertz CT molecular complexity index is 183. The van der Waals surface area contributed by atoms with Gasteiger partial charge in [-0.25, -0.2) is 0 Å². The van der Waals surface area contributed by atoms with Crippen LogP contribution in [0.15, 0.2) is 0 Å². The first-order valence-corrected chi connectivity index (χ1v) is 7.04. The molecule has 1 aliphatic heterocycles. The second-order valence-corrected chi connectivity index (χ2v) is 5.40. The van der Waals surface area contributed by atoms with Gasteiger partial charge in [0.05, 0.1) is 19.3 Å². The third-order valence-electron chi connectivity index (χ3n) is 2.67. The van der Waals surface area contributed by atoms with Crippen LogP contribution >= 0.6 is 11.8 Å². The Labute approximate surface area is 102 Å². The van der Waals surface area contributed by atoms with E-state index in [1.165, 1.54) is 0 Å². The number of ether oxygens (including phenoxy) is 1. The van der Waals surface area contributed by atoms with Crippen LogP contribution in [0.4, 0.5) is 0 Å². The predicted molar refractivity (Wildman–Crippen MR) is 66.9 cm³/mol. The zero-order valence-corrected chi connectivity index (χ0v) is 10.7. The number of nitrogens with one attached hydrogen (secondary N) is 1. The highest BCUT2D eigenvalue weighted by molar-refractivity contribution is 8.00. The molecule has 0 bridgehead atoms. The van der Waals surface area contributed by atoms with Crippen LogP contribution in [0.1, 0.15) is 19.8 Å². The number of rotatable bonds is 7. The van der Waals surface area contributed by atoms with E-state index in [0.717, 1.165) is 32.6 Å². The maximum absolute atomic E-state index is 9.32. The molecule has 0 aromatic carbocycles. The van der Waals surface area contributed by atoms with E-state index in [1.807, 2.05) is 0 Å². The number of aliphatic hydroxyl groups is 2. The van der Waals surface area contributed by atoms with Gasteiger partial charge in [-0.3, -0.25) is 0 Å². The van der Waals surface area contributed by atoms with Gasteiger partial charge in [-0.2, -0.15) is 11.8 Å². The summed E-state index contributed by atoms with van der Waals surface area (Å²) in [6, 6.07) is 0.476. The van der Waals surface area contributed by atoms with Crippen molar-refractivity contribution in [2.75, 3.05) is 32.1 Å². The number of hydrogen-bond acceptors (Lipinski definition) is 5. The van der Waals surface area contributed by atoms with Crippen molar-refractivity contribution in [2.45, 2.75) is 37.2 Å². The summed E-state index contributed by atoms with van der Waals surface area (Å²) in [7, 11) is 0. The SMILES string of the molecule is CCCNC1CCOCC1SCC(O)CO. The molecular formula is C11H23NO3S. The van der Waals surface area contributed by atoms with Gasteiger partial charge < -0.3 is 20.3 Å². The van der Waals surface area contributed by atoms with Crippen LogP contribution in [-0.2, 0) is 4.74 Å². The highest BCUT2D eigenvalue weighted by atomic mass is 32.2. The van der Waals surface area contributed by atoms with E-state index in [-0.39, 0.29) is 6.61 Å². The monoisotopic (exact) mass is 249 g/mol. The molecule has 0 spiro atoms. The van der Waals surface area contributed by atoms with E-state index in [4.69, 9.17) is 9.84 Å². The molecule has 16 heavy (non-hydrogen) atoms. The van der Waals surface area contributed by atoms with Gasteiger partial charge in [-0.05, 0) is 19.4 Å². The molecule has 0 aromatic rings. The molecular weight excluding hydrogens is 226 g/mol. The van der Waals surface area contributed by atoms with Gasteiger partial charge in [-0.15, -0.1) is 0 Å². The van der Waals surface area contributed by atoms with Gasteiger partial charge >= 0.3 is 0 Å². The first kappa shape index (κ1) is 14.3. The average Bonchev–Trinajstić information content (AvgIpc) is 2.34. The van der Waals surface area contributed by atoms with Gasteiger partial charge in [0.1, 0.15) is 0 Å². The Hall–Kier alpha value is 0.190. The summed E-state index contributed by atoms with van der Waals surface area (Å²) in [6.07, 6.45) is 1.56. The molecule has 5 heteroatoms. The third-order valence-corrected chi connectivity index (χ3v) is 4.14. The third kappa shape index (κ3) is 5.01. The molecule has 1 rings (SSSR count). The average molecular weight is 249 g/mol. The zero-order chi connectivity index (χ0) is 11.8. The first-order chi connectivity index (χ1) is 7.77. The van der Waals surface area contributed by atoms with Crippen LogP contribution < -0.4 is 5.32 Å². The maximum atomic E-state index is 9.32. The molecule has 0 saturated carbocycles. The normalized spacial score (nSPS) is 27.9. The lowest BCUT2D eigenvalue weighted by Crippen LogP contribution is -2.45. The van der Waals surface area contributed by atoms with E-state index in [2.05, 4.69) is 12.2 Å². The molecule has 96 valence electrons. The Morgan fingerprint density at radius 2 is 2.38 bits per heavy atom. The van der Waals surface area contributed by atoms with Crippen LogP contribution in [0.3, 0.4) is 0 Å². The fraction of sp³-hybridized carbons (Fsp3) is 1.00. The smallest absolute Gasteiger partial charge is 0.0861 e. The first-order valence-electron chi connectivity index (χ1n) is 5.99. The lowest BCUT2D eigenvalue weighted by atomic mass is 10.1. The van der Waals surface area contributed by atoms with Crippen LogP contribution in [-0.4, -0.2) is 59.7 Å². The molecule has 1 saturated heterocycles. The van der Waals surface area contributed by atoms with E-state index in [9.17, 15) is 5.11 Å². The van der Waals surface area contributed by atoms with Crippen molar-refractivity contribution < 1.29 is 14.9 Å². The molecule has 0 amide bonds. The molecule has 1 heterocycles. The molecule has 0 radical (unpaired) electrons. The summed E-state index contributed by atoms with van der Waals surface area (Å²) >= 11 is 1.69. The van der Waals surface area contributed by atoms with Crippen molar-refractivity contribution in [3.05, 3.63) is 0 Å². The molecule has 3 atom stereocenters. The largest absolute Gasteiger partial charge is 0.394 e. The van der Waals surface area contributed by atoms with E-state index >= 15 is 0 Å². The minimum Gasteiger partial charge on any atom is -0.394 e. The fourth-order valence-corrected chi connectivity index (χ4v) is 2.96. The van der Waals surface area contributed by atoms with E-state index < -0.39 is 6.10 Å². The van der Waals surface area contributed by atoms with Crippen LogP contribution in [0.25, 0.3) is 0 Å². The van der Waals surface area contributed by atoms with Gasteiger partial charge in [-0.1, -0.05) is 6.92 Å². The summed E-state index contributed by atoms with van der Waals surface area (Å²) < 4.78 is 5.45. The van der Waals surface area contributed by atoms with Gasteiger partial charge in [0, 0.05) is 23.7 Å². The lowest BCUT2D eigenvalue weighted by molar-refractivity contribution is 0.0824. The highest BCUT2D eigenvalue weighted by Gasteiger charge is 2.25. The second-order valence-electron chi connectivity index (χ2n) is 4.13. The fourth-order valence-electron chi connectivity index (χ4n) is 1.73. The molecule has 3 N–H and O–H groups in total. The second kappa shape index (κ2) is 8.31. The standard InChI is InChI=1S/C11H23NO3S/c1-2-4-12-10-3-5-15-7-11(10)16-8-9(14)6-13/h9-14H,2-8H2,1H3. The summed E-state index contributed by atoms with van der Waals surface area (Å²) in [5, 5.41) is 22.0. The predicted octanol–water partition coefficient (Wildman–Crippen LogP) is 0.230. The van der Waals surface area contributed by atoms with Crippen LogP contribution in [0.5, 0.6) is 0 Å². The summed E-state index contributed by atoms with van der Waals surface area (Å²) in [4.78, 5) is 0. The van der Waals surface area contributed by atoms with E-state index in [0.29, 0.717) is 17.0 Å². The summed E-state index contributed by atoms with van der Waals surface area (Å²) in [6.45, 7) is 4.59. The number of thioether (sulfide) groups is 1. The van der Waals surface area contributed by atoms with Crippen molar-refractivity contribution in [3.8, 4) is 0 Å². The quantitative estimate of drug-likeness (QED) is 0.603. The molecule has 3 unspecified atom stereocenters. The van der Waals surface area contributed by atoms with Crippen LogP contribution in [0.2, 0.25) is 0 Å². The topological polar surface area (TPSA) is 61.7 Å². The Morgan fingerprint density at radius 3 is 3.06 bits per heavy atom. The zero-order valence-electron chi connectivity index (χ0n) is 9.89. The number of hydrogen-bond donors (Lipinski definition) is 3. The van der Waals surface area contributed by atoms with Crippen LogP contribution in [0, 0.1) is 0 Å². The molecule has 4 nitrogen and oxygen atoms in total. The minimum atomic E-state index is -0.612. The lowest BCUT2D eigenvalue weighted by Gasteiger charge is -2.32. The Balaban J connectivity index is 2.28. The van der Waals surface area contributed by atoms with Gasteiger partial charge in [0.25, 0.3) is 0 Å². The summed E-state index contributed by atoms with van der Waals surface area (Å²) in [5.41, 5.74) is 0. The summed E-state index contributed by atoms with van der Waals surface area (Å²) in [5.74, 6) is 0.578. The van der Waals surface area contributed by atoms with Gasteiger partial charge in [0.15, 0.2) is 0 Å². The van der Waals surface area contributed by atoms with Gasteiger partial charge in [0.2, 0.25) is 0 Å². The molecule has 0 aliphatic carbocycles. The molecule has 1 aliphatic rings. The maximum Gasteiger partial charge on any atom is 0.0861 e. The van der Waals surface area contributed by atoms with Crippen molar-refractivity contribution in [1.82, 2.24) is 5.32 Å². The van der Waals surface area contributed by atoms with Crippen molar-refractivity contribution >= 4 is 11.8 Å². The minimum absolute atomic E-state index is 0.159. The highest BCUT2D eigenvalue weighted by Crippen LogP contribution is 2.22. The Morgan fingerprint density at radius 1 is 1.56 bits per heavy atom. The van der Waals surface area contributed by atoms with Crippen molar-refractivity contribution in [1.29, 1.82) is 0 Å². The van der Waals surface area contributed by atoms with Crippen molar-refractivity contribution in [3.63, 3.8) is 0 Å². The van der Waals surface area contributed by atoms with E-state index in [1.54, 1.807) is 11.8 Å². The molecule has 0 aromatic heterocycles. The van der Waals surface area contributed by atoms with Crippen molar-refractivity contribution in [2.24, 2.45) is 0 Å². The Kier molecular flexibility index (Phi) is 7.40. The number of aliphatic hydroxyl groups excluding tert-OH is 2.